The highest BCUT2D eigenvalue weighted by atomic mass is 35.5. The molecule has 0 aliphatic heterocycles. The second-order valence-corrected chi connectivity index (χ2v) is 6.75. The number of carbonyl (C=O) groups excluding carboxylic acids is 2. The van der Waals surface area contributed by atoms with Crippen LogP contribution in [-0.2, 0) is 17.2 Å². The Balaban J connectivity index is 2.45. The molecule has 0 bridgehead atoms. The smallest absolute Gasteiger partial charge is 0.340 e. The summed E-state index contributed by atoms with van der Waals surface area (Å²) in [5.74, 6) is -1.32. The van der Waals surface area contributed by atoms with Gasteiger partial charge in [-0.15, -0.1) is 0 Å². The van der Waals surface area contributed by atoms with E-state index < -0.39 is 21.8 Å². The number of carbonyl (C=O) groups is 2. The van der Waals surface area contributed by atoms with Gasteiger partial charge in [-0.2, -0.15) is 8.42 Å². The average molecular weight is 357 g/mol. The normalized spacial score (nSPS) is 11.3. The number of primary amides is 1. The van der Waals surface area contributed by atoms with Gasteiger partial charge in [-0.1, -0.05) is 11.6 Å². The molecular weight excluding hydrogens is 344 g/mol. The topological polar surface area (TPSA) is 108 Å². The summed E-state index contributed by atoms with van der Waals surface area (Å²) < 4.78 is 30.9. The monoisotopic (exact) mass is 356 g/mol. The Hall–Kier alpha value is -2.32. The maximum atomic E-state index is 12.3. The van der Waals surface area contributed by atoms with E-state index >= 15 is 0 Å². The van der Waals surface area contributed by atoms with Crippen LogP contribution in [0.2, 0.25) is 5.02 Å². The summed E-state index contributed by atoms with van der Waals surface area (Å²) in [4.78, 5) is 22.5. The zero-order valence-electron chi connectivity index (χ0n) is 12.2. The summed E-state index contributed by atoms with van der Waals surface area (Å²) in [5.41, 5.74) is 5.19. The van der Waals surface area contributed by atoms with Crippen LogP contribution in [0.1, 0.15) is 27.8 Å². The van der Waals surface area contributed by atoms with Gasteiger partial charge in [0.15, 0.2) is 11.5 Å². The van der Waals surface area contributed by atoms with Gasteiger partial charge in [0.25, 0.3) is 5.91 Å². The summed E-state index contributed by atoms with van der Waals surface area (Å²) in [5, 5.41) is 0.274. The van der Waals surface area contributed by atoms with E-state index in [2.05, 4.69) is 0 Å². The molecule has 0 saturated carbocycles. The highest BCUT2D eigenvalue weighted by Crippen LogP contribution is 2.27. The zero-order chi connectivity index (χ0) is 17.4. The minimum Gasteiger partial charge on any atom is -0.378 e. The molecular formula is C14H13ClN2O5S. The second-order valence-electron chi connectivity index (χ2n) is 4.77. The van der Waals surface area contributed by atoms with Gasteiger partial charge in [-0.3, -0.25) is 9.59 Å². The second kappa shape index (κ2) is 6.05. The van der Waals surface area contributed by atoms with Gasteiger partial charge in [0.2, 0.25) is 0 Å². The van der Waals surface area contributed by atoms with E-state index in [0.29, 0.717) is 0 Å². The molecule has 0 atom stereocenters. The molecule has 0 radical (unpaired) electrons. The summed E-state index contributed by atoms with van der Waals surface area (Å²) >= 11 is 5.80. The lowest BCUT2D eigenvalue weighted by Crippen LogP contribution is -2.14. The summed E-state index contributed by atoms with van der Waals surface area (Å²) in [7, 11) is -2.77. The molecule has 0 fully saturated rings. The van der Waals surface area contributed by atoms with E-state index in [1.54, 1.807) is 0 Å². The SMILES string of the molecule is CC(=O)c1cc(Cl)ccc1OS(=O)(=O)c1cc(C(N)=O)n(C)c1. The summed E-state index contributed by atoms with van der Waals surface area (Å²) in [6.07, 6.45) is 1.19. The van der Waals surface area contributed by atoms with E-state index in [-0.39, 0.29) is 26.9 Å². The standard InChI is InChI=1S/C14H13ClN2O5S/c1-8(18)11-5-9(15)3-4-13(11)22-23(20,21)10-6-12(14(16)19)17(2)7-10/h3-7H,1-2H3,(H2,16,19). The number of halogens is 1. The van der Waals surface area contributed by atoms with E-state index in [9.17, 15) is 18.0 Å². The number of hydrogen-bond acceptors (Lipinski definition) is 5. The Bertz CT molecular complexity index is 902. The number of ketones is 1. The van der Waals surface area contributed by atoms with Crippen molar-refractivity contribution in [1.82, 2.24) is 4.57 Å². The fraction of sp³-hybridized carbons (Fsp3) is 0.143. The Morgan fingerprint density at radius 3 is 2.43 bits per heavy atom. The molecule has 2 rings (SSSR count). The van der Waals surface area contributed by atoms with Crippen molar-refractivity contribution in [1.29, 1.82) is 0 Å². The van der Waals surface area contributed by atoms with Crippen LogP contribution in [0.3, 0.4) is 0 Å². The van der Waals surface area contributed by atoms with Gasteiger partial charge in [-0.05, 0) is 31.2 Å². The number of rotatable bonds is 5. The Labute approximate surface area is 137 Å². The van der Waals surface area contributed by atoms with Crippen LogP contribution in [0.25, 0.3) is 0 Å². The quantitative estimate of drug-likeness (QED) is 0.648. The molecule has 1 heterocycles. The number of aryl methyl sites for hydroxylation is 1. The van der Waals surface area contributed by atoms with Gasteiger partial charge >= 0.3 is 10.1 Å². The first-order chi connectivity index (χ1) is 10.6. The average Bonchev–Trinajstić information content (AvgIpc) is 2.83. The molecule has 2 aromatic rings. The van der Waals surface area contributed by atoms with Crippen LogP contribution in [0.15, 0.2) is 35.4 Å². The molecule has 122 valence electrons. The zero-order valence-corrected chi connectivity index (χ0v) is 13.8. The Morgan fingerprint density at radius 2 is 1.91 bits per heavy atom. The van der Waals surface area contributed by atoms with Gasteiger partial charge in [-0.25, -0.2) is 0 Å². The number of nitrogens with two attached hydrogens (primary N) is 1. The molecule has 0 aliphatic carbocycles. The number of Topliss-reactive ketones (excluding diaryl/α,β-unsaturated/α-hetero) is 1. The highest BCUT2D eigenvalue weighted by molar-refractivity contribution is 7.87. The molecule has 2 N–H and O–H groups in total. The third kappa shape index (κ3) is 3.54. The molecule has 0 unspecified atom stereocenters. The first-order valence-electron chi connectivity index (χ1n) is 6.33. The first kappa shape index (κ1) is 17.0. The highest BCUT2D eigenvalue weighted by Gasteiger charge is 2.23. The minimum absolute atomic E-state index is 0.00933. The maximum Gasteiger partial charge on any atom is 0.340 e. The van der Waals surface area contributed by atoms with Gasteiger partial charge in [0.1, 0.15) is 10.6 Å². The molecule has 0 aliphatic rings. The number of hydrogen-bond donors (Lipinski definition) is 1. The predicted octanol–water partition coefficient (Wildman–Crippen LogP) is 1.75. The lowest BCUT2D eigenvalue weighted by atomic mass is 10.1. The van der Waals surface area contributed by atoms with Crippen LogP contribution in [-0.4, -0.2) is 24.7 Å². The number of amides is 1. The van der Waals surface area contributed by atoms with Crippen molar-refractivity contribution in [3.8, 4) is 5.75 Å². The maximum absolute atomic E-state index is 12.3. The van der Waals surface area contributed by atoms with Crippen molar-refractivity contribution in [2.45, 2.75) is 11.8 Å². The van der Waals surface area contributed by atoms with Crippen LogP contribution in [0.4, 0.5) is 0 Å². The molecule has 7 nitrogen and oxygen atoms in total. The van der Waals surface area contributed by atoms with E-state index in [4.69, 9.17) is 21.5 Å². The third-order valence-corrected chi connectivity index (χ3v) is 4.48. The fourth-order valence-corrected chi connectivity index (χ4v) is 3.13. The summed E-state index contributed by atoms with van der Waals surface area (Å²) in [6.45, 7) is 1.26. The van der Waals surface area contributed by atoms with Crippen molar-refractivity contribution >= 4 is 33.4 Å². The van der Waals surface area contributed by atoms with E-state index in [0.717, 1.165) is 6.07 Å². The molecule has 23 heavy (non-hydrogen) atoms. The predicted molar refractivity (Wildman–Crippen MR) is 83.2 cm³/mol. The largest absolute Gasteiger partial charge is 0.378 e. The van der Waals surface area contributed by atoms with E-state index in [1.807, 2.05) is 0 Å². The molecule has 9 heteroatoms. The number of aromatic nitrogens is 1. The Morgan fingerprint density at radius 1 is 1.26 bits per heavy atom. The van der Waals surface area contributed by atoms with Crippen molar-refractivity contribution < 1.29 is 22.2 Å². The van der Waals surface area contributed by atoms with Crippen molar-refractivity contribution in [3.63, 3.8) is 0 Å². The van der Waals surface area contributed by atoms with Crippen LogP contribution in [0.5, 0.6) is 5.75 Å². The molecule has 0 saturated heterocycles. The molecule has 1 aromatic heterocycles. The lowest BCUT2D eigenvalue weighted by Gasteiger charge is -2.09. The van der Waals surface area contributed by atoms with Crippen molar-refractivity contribution in [3.05, 3.63) is 46.7 Å². The molecule has 0 spiro atoms. The minimum atomic E-state index is -4.24. The fourth-order valence-electron chi connectivity index (χ4n) is 1.93. The Kier molecular flexibility index (Phi) is 4.49. The molecule has 1 amide bonds. The summed E-state index contributed by atoms with van der Waals surface area (Å²) in [6, 6.07) is 5.10. The van der Waals surface area contributed by atoms with Crippen LogP contribution < -0.4 is 9.92 Å². The van der Waals surface area contributed by atoms with Crippen molar-refractivity contribution in [2.24, 2.45) is 12.8 Å². The lowest BCUT2D eigenvalue weighted by molar-refractivity contribution is 0.0989. The van der Waals surface area contributed by atoms with Gasteiger partial charge < -0.3 is 14.5 Å². The van der Waals surface area contributed by atoms with Gasteiger partial charge in [0.05, 0.1) is 5.56 Å². The number of nitrogens with zero attached hydrogens (tertiary/aromatic N) is 1. The third-order valence-electron chi connectivity index (χ3n) is 3.04. The number of benzene rings is 1. The van der Waals surface area contributed by atoms with Crippen LogP contribution in [0, 0.1) is 0 Å². The molecule has 1 aromatic carbocycles. The van der Waals surface area contributed by atoms with Crippen molar-refractivity contribution in [2.75, 3.05) is 0 Å². The van der Waals surface area contributed by atoms with E-state index in [1.165, 1.54) is 42.9 Å². The first-order valence-corrected chi connectivity index (χ1v) is 8.11. The van der Waals surface area contributed by atoms with Crippen LogP contribution >= 0.6 is 11.6 Å². The van der Waals surface area contributed by atoms with Gasteiger partial charge in [0, 0.05) is 18.3 Å².